The van der Waals surface area contributed by atoms with Crippen LogP contribution in [0.4, 0.5) is 5.95 Å². The lowest BCUT2D eigenvalue weighted by molar-refractivity contribution is 0.318. The summed E-state index contributed by atoms with van der Waals surface area (Å²) >= 11 is 0. The van der Waals surface area contributed by atoms with Crippen molar-refractivity contribution in [3.8, 4) is 0 Å². The summed E-state index contributed by atoms with van der Waals surface area (Å²) in [6, 6.07) is 1.72. The highest BCUT2D eigenvalue weighted by atomic mass is 16.4. The van der Waals surface area contributed by atoms with Gasteiger partial charge in [0.1, 0.15) is 5.69 Å². The molecule has 1 aromatic heterocycles. The third kappa shape index (κ3) is 3.33. The Balaban J connectivity index is 2.26. The van der Waals surface area contributed by atoms with Crippen LogP contribution in [-0.4, -0.2) is 34.1 Å². The molecule has 2 rings (SSSR count). The van der Waals surface area contributed by atoms with Gasteiger partial charge in [-0.25, -0.2) is 9.97 Å². The Morgan fingerprint density at radius 1 is 1.42 bits per heavy atom. The molecule has 2 heterocycles. The Morgan fingerprint density at radius 3 is 2.95 bits per heavy atom. The molecule has 0 aromatic carbocycles. The summed E-state index contributed by atoms with van der Waals surface area (Å²) in [7, 11) is 0. The van der Waals surface area contributed by atoms with E-state index in [4.69, 9.17) is 10.9 Å². The molecule has 0 aliphatic carbocycles. The maximum absolute atomic E-state index is 8.75. The monoisotopic (exact) mass is 263 g/mol. The molecule has 1 atom stereocenters. The van der Waals surface area contributed by atoms with E-state index < -0.39 is 0 Å². The molecule has 0 amide bonds. The van der Waals surface area contributed by atoms with Crippen LogP contribution in [0.1, 0.15) is 37.6 Å². The molecule has 0 spiro atoms. The molecule has 1 unspecified atom stereocenters. The first-order chi connectivity index (χ1) is 9.10. The number of rotatable bonds is 2. The second-order valence-electron chi connectivity index (χ2n) is 5.20. The van der Waals surface area contributed by atoms with Crippen molar-refractivity contribution in [2.45, 2.75) is 33.1 Å². The molecule has 6 nitrogen and oxygen atoms in total. The third-order valence-corrected chi connectivity index (χ3v) is 3.51. The van der Waals surface area contributed by atoms with Crippen LogP contribution in [-0.2, 0) is 0 Å². The number of amidine groups is 1. The largest absolute Gasteiger partial charge is 0.409 e. The second-order valence-corrected chi connectivity index (χ2v) is 5.20. The average molecular weight is 263 g/mol. The molecule has 0 saturated carbocycles. The van der Waals surface area contributed by atoms with Crippen molar-refractivity contribution in [3.63, 3.8) is 0 Å². The summed E-state index contributed by atoms with van der Waals surface area (Å²) in [4.78, 5) is 11.0. The molecule has 1 aliphatic heterocycles. The van der Waals surface area contributed by atoms with Gasteiger partial charge in [0.05, 0.1) is 0 Å². The minimum Gasteiger partial charge on any atom is -0.409 e. The molecule has 1 aliphatic rings. The van der Waals surface area contributed by atoms with Crippen LogP contribution in [0.3, 0.4) is 0 Å². The van der Waals surface area contributed by atoms with E-state index in [0.717, 1.165) is 37.5 Å². The predicted octanol–water partition coefficient (Wildman–Crippen LogP) is 1.51. The van der Waals surface area contributed by atoms with Crippen molar-refractivity contribution in [1.29, 1.82) is 0 Å². The van der Waals surface area contributed by atoms with E-state index >= 15 is 0 Å². The van der Waals surface area contributed by atoms with Crippen LogP contribution >= 0.6 is 0 Å². The summed E-state index contributed by atoms with van der Waals surface area (Å²) in [5.41, 5.74) is 6.90. The van der Waals surface area contributed by atoms with Gasteiger partial charge in [0.25, 0.3) is 0 Å². The fraction of sp³-hybridized carbons (Fsp3) is 0.615. The van der Waals surface area contributed by atoms with Crippen LogP contribution in [0, 0.1) is 12.8 Å². The molecule has 1 fully saturated rings. The zero-order chi connectivity index (χ0) is 13.8. The minimum atomic E-state index is 0.0231. The van der Waals surface area contributed by atoms with Gasteiger partial charge in [0, 0.05) is 18.8 Å². The van der Waals surface area contributed by atoms with Gasteiger partial charge in [-0.15, -0.1) is 0 Å². The van der Waals surface area contributed by atoms with Gasteiger partial charge in [0.15, 0.2) is 5.84 Å². The summed E-state index contributed by atoms with van der Waals surface area (Å²) in [5.74, 6) is 1.45. The molecule has 3 N–H and O–H groups in total. The Hall–Kier alpha value is -1.85. The third-order valence-electron chi connectivity index (χ3n) is 3.51. The molecule has 0 bridgehead atoms. The summed E-state index contributed by atoms with van der Waals surface area (Å²) < 4.78 is 0. The van der Waals surface area contributed by atoms with Gasteiger partial charge in [-0.1, -0.05) is 12.1 Å². The number of oxime groups is 1. The van der Waals surface area contributed by atoms with E-state index in [-0.39, 0.29) is 5.84 Å². The van der Waals surface area contributed by atoms with Crippen molar-refractivity contribution in [2.75, 3.05) is 18.0 Å². The normalized spacial score (nSPS) is 21.3. The van der Waals surface area contributed by atoms with Gasteiger partial charge in [0.2, 0.25) is 5.95 Å². The molecule has 0 radical (unpaired) electrons. The van der Waals surface area contributed by atoms with Crippen molar-refractivity contribution < 1.29 is 5.21 Å². The maximum atomic E-state index is 8.75. The van der Waals surface area contributed by atoms with Gasteiger partial charge in [-0.05, 0) is 38.2 Å². The van der Waals surface area contributed by atoms with Crippen molar-refractivity contribution in [3.05, 3.63) is 17.5 Å². The first-order valence-corrected chi connectivity index (χ1v) is 6.68. The molecular formula is C13H21N5O. The molecule has 104 valence electrons. The molecule has 6 heteroatoms. The quantitative estimate of drug-likeness (QED) is 0.365. The van der Waals surface area contributed by atoms with E-state index in [1.165, 1.54) is 6.42 Å². The summed E-state index contributed by atoms with van der Waals surface area (Å²) in [6.45, 7) is 6.09. The van der Waals surface area contributed by atoms with Crippen LogP contribution in [0.25, 0.3) is 0 Å². The predicted molar refractivity (Wildman–Crippen MR) is 74.5 cm³/mol. The standard InChI is InChI=1S/C13H21N5O/c1-9-4-3-6-18(7-5-9)13-15-10(2)8-11(16-13)12(14)17-19/h8-9,19H,3-7H2,1-2H3,(H2,14,17). The summed E-state index contributed by atoms with van der Waals surface area (Å²) in [5, 5.41) is 11.8. The summed E-state index contributed by atoms with van der Waals surface area (Å²) in [6.07, 6.45) is 3.54. The maximum Gasteiger partial charge on any atom is 0.226 e. The Kier molecular flexibility index (Phi) is 4.19. The lowest BCUT2D eigenvalue weighted by Gasteiger charge is -2.21. The SMILES string of the molecule is Cc1cc(/C(N)=N/O)nc(N2CCCC(C)CC2)n1. The molecule has 19 heavy (non-hydrogen) atoms. The Bertz CT molecular complexity index is 474. The van der Waals surface area contributed by atoms with Crippen molar-refractivity contribution in [1.82, 2.24) is 9.97 Å². The Morgan fingerprint density at radius 2 is 2.21 bits per heavy atom. The number of nitrogens with two attached hydrogens (primary N) is 1. The number of nitrogens with zero attached hydrogens (tertiary/aromatic N) is 4. The van der Waals surface area contributed by atoms with Crippen LogP contribution < -0.4 is 10.6 Å². The molecule has 1 saturated heterocycles. The zero-order valence-electron chi connectivity index (χ0n) is 11.5. The zero-order valence-corrected chi connectivity index (χ0v) is 11.5. The number of hydrogen-bond acceptors (Lipinski definition) is 5. The number of aryl methyl sites for hydroxylation is 1. The first kappa shape index (κ1) is 13.6. The fourth-order valence-corrected chi connectivity index (χ4v) is 2.34. The number of aromatic nitrogens is 2. The average Bonchev–Trinajstić information content (AvgIpc) is 2.62. The van der Waals surface area contributed by atoms with Crippen LogP contribution in [0.15, 0.2) is 11.2 Å². The Labute approximate surface area is 113 Å². The minimum absolute atomic E-state index is 0.0231. The fourth-order valence-electron chi connectivity index (χ4n) is 2.34. The smallest absolute Gasteiger partial charge is 0.226 e. The van der Waals surface area contributed by atoms with E-state index in [1.54, 1.807) is 6.07 Å². The van der Waals surface area contributed by atoms with Crippen molar-refractivity contribution >= 4 is 11.8 Å². The van der Waals surface area contributed by atoms with Gasteiger partial charge in [-0.3, -0.25) is 0 Å². The van der Waals surface area contributed by atoms with Crippen LogP contribution in [0.2, 0.25) is 0 Å². The highest BCUT2D eigenvalue weighted by Gasteiger charge is 2.17. The van der Waals surface area contributed by atoms with Crippen LogP contribution in [0.5, 0.6) is 0 Å². The van der Waals surface area contributed by atoms with Gasteiger partial charge >= 0.3 is 0 Å². The lowest BCUT2D eigenvalue weighted by atomic mass is 10.0. The van der Waals surface area contributed by atoms with E-state index in [2.05, 4.69) is 26.9 Å². The molecular weight excluding hydrogens is 242 g/mol. The number of hydrogen-bond donors (Lipinski definition) is 2. The number of anilines is 1. The van der Waals surface area contributed by atoms with E-state index in [1.807, 2.05) is 6.92 Å². The van der Waals surface area contributed by atoms with E-state index in [0.29, 0.717) is 11.6 Å². The highest BCUT2D eigenvalue weighted by molar-refractivity contribution is 5.95. The lowest BCUT2D eigenvalue weighted by Crippen LogP contribution is -2.28. The topological polar surface area (TPSA) is 87.6 Å². The van der Waals surface area contributed by atoms with Gasteiger partial charge < -0.3 is 15.8 Å². The van der Waals surface area contributed by atoms with E-state index in [9.17, 15) is 0 Å². The molecule has 1 aromatic rings. The second kappa shape index (κ2) is 5.86. The first-order valence-electron chi connectivity index (χ1n) is 6.68. The highest BCUT2D eigenvalue weighted by Crippen LogP contribution is 2.20. The van der Waals surface area contributed by atoms with Gasteiger partial charge in [-0.2, -0.15) is 0 Å². The van der Waals surface area contributed by atoms with Crippen molar-refractivity contribution in [2.24, 2.45) is 16.8 Å².